The number of aromatic nitrogens is 1. The highest BCUT2D eigenvalue weighted by atomic mass is 32.1. The minimum Gasteiger partial charge on any atom is -0.378 e. The Labute approximate surface area is 123 Å². The number of benzene rings is 1. The molecule has 2 aromatic rings. The maximum atomic E-state index is 5.32. The van der Waals surface area contributed by atoms with Crippen molar-refractivity contribution in [2.75, 3.05) is 19.0 Å². The molecule has 0 aliphatic rings. The Kier molecular flexibility index (Phi) is 4.37. The van der Waals surface area contributed by atoms with E-state index in [0.29, 0.717) is 0 Å². The predicted octanol–water partition coefficient (Wildman–Crippen LogP) is 1.71. The fraction of sp³-hybridized carbons (Fsp3) is 0.143. The third-order valence-corrected chi connectivity index (χ3v) is 2.89. The summed E-state index contributed by atoms with van der Waals surface area (Å²) in [4.78, 5) is 2.06. The van der Waals surface area contributed by atoms with Gasteiger partial charge in [-0.25, -0.2) is 0 Å². The number of nitrogens with two attached hydrogens (primary N) is 1. The van der Waals surface area contributed by atoms with Crippen LogP contribution in [0.1, 0.15) is 5.69 Å². The van der Waals surface area contributed by atoms with Crippen LogP contribution < -0.4 is 16.1 Å². The fourth-order valence-electron chi connectivity index (χ4n) is 1.81. The van der Waals surface area contributed by atoms with E-state index in [1.54, 1.807) is 6.21 Å². The monoisotopic (exact) mass is 287 g/mol. The van der Waals surface area contributed by atoms with Gasteiger partial charge >= 0.3 is 0 Å². The number of nitrogens with one attached hydrogen (secondary N) is 1. The van der Waals surface area contributed by atoms with Gasteiger partial charge in [0.1, 0.15) is 0 Å². The SMILES string of the molecule is CN(C)c1ccc(-n2cccc2/C=N\NC(N)=S)cc1. The first-order chi connectivity index (χ1) is 9.58. The van der Waals surface area contributed by atoms with Crippen molar-refractivity contribution in [3.63, 3.8) is 0 Å². The second kappa shape index (κ2) is 6.21. The van der Waals surface area contributed by atoms with E-state index in [0.717, 1.165) is 17.1 Å². The van der Waals surface area contributed by atoms with Crippen molar-refractivity contribution in [1.82, 2.24) is 9.99 Å². The van der Waals surface area contributed by atoms with Gasteiger partial charge in [0.2, 0.25) is 0 Å². The average Bonchev–Trinajstić information content (AvgIpc) is 2.87. The summed E-state index contributed by atoms with van der Waals surface area (Å²) in [5.41, 5.74) is 11.0. The van der Waals surface area contributed by atoms with E-state index >= 15 is 0 Å². The van der Waals surface area contributed by atoms with Gasteiger partial charge in [0.05, 0.1) is 11.9 Å². The van der Waals surface area contributed by atoms with Gasteiger partial charge < -0.3 is 15.2 Å². The molecule has 0 fully saturated rings. The van der Waals surface area contributed by atoms with Crippen LogP contribution in [-0.4, -0.2) is 30.0 Å². The predicted molar refractivity (Wildman–Crippen MR) is 87.6 cm³/mol. The molecule has 0 saturated carbocycles. The Bertz CT molecular complexity index is 613. The largest absolute Gasteiger partial charge is 0.378 e. The first-order valence-corrected chi connectivity index (χ1v) is 6.52. The summed E-state index contributed by atoms with van der Waals surface area (Å²) >= 11 is 4.70. The fourth-order valence-corrected chi connectivity index (χ4v) is 1.86. The highest BCUT2D eigenvalue weighted by Gasteiger charge is 2.02. The lowest BCUT2D eigenvalue weighted by Crippen LogP contribution is -2.24. The number of thiocarbonyl (C=S) groups is 1. The molecule has 6 heteroatoms. The lowest BCUT2D eigenvalue weighted by atomic mass is 10.2. The van der Waals surface area contributed by atoms with Crippen molar-refractivity contribution < 1.29 is 0 Å². The van der Waals surface area contributed by atoms with Crippen LogP contribution in [0, 0.1) is 0 Å². The normalized spacial score (nSPS) is 10.7. The molecule has 0 amide bonds. The van der Waals surface area contributed by atoms with E-state index in [-0.39, 0.29) is 5.11 Å². The minimum absolute atomic E-state index is 0.148. The molecule has 104 valence electrons. The summed E-state index contributed by atoms with van der Waals surface area (Å²) in [6.45, 7) is 0. The maximum absolute atomic E-state index is 5.32. The number of hydrogen-bond donors (Lipinski definition) is 2. The zero-order valence-electron chi connectivity index (χ0n) is 11.4. The molecule has 2 rings (SSSR count). The van der Waals surface area contributed by atoms with Crippen molar-refractivity contribution in [2.24, 2.45) is 10.8 Å². The average molecular weight is 287 g/mol. The second-order valence-electron chi connectivity index (χ2n) is 4.45. The Morgan fingerprint density at radius 3 is 2.60 bits per heavy atom. The van der Waals surface area contributed by atoms with E-state index in [1.807, 2.05) is 37.0 Å². The zero-order valence-corrected chi connectivity index (χ0v) is 12.3. The first kappa shape index (κ1) is 14.1. The molecular weight excluding hydrogens is 270 g/mol. The Morgan fingerprint density at radius 2 is 2.00 bits per heavy atom. The molecule has 0 bridgehead atoms. The highest BCUT2D eigenvalue weighted by molar-refractivity contribution is 7.80. The lowest BCUT2D eigenvalue weighted by molar-refractivity contribution is 1.02. The van der Waals surface area contributed by atoms with E-state index in [1.165, 1.54) is 0 Å². The summed E-state index contributed by atoms with van der Waals surface area (Å²) in [5.74, 6) is 0. The Balaban J connectivity index is 2.23. The molecule has 0 aliphatic carbocycles. The third kappa shape index (κ3) is 3.36. The molecular formula is C14H17N5S. The summed E-state index contributed by atoms with van der Waals surface area (Å²) < 4.78 is 2.03. The van der Waals surface area contributed by atoms with Crippen LogP contribution in [0.4, 0.5) is 5.69 Å². The first-order valence-electron chi connectivity index (χ1n) is 6.11. The molecule has 1 heterocycles. The van der Waals surface area contributed by atoms with Crippen LogP contribution in [0.2, 0.25) is 0 Å². The van der Waals surface area contributed by atoms with E-state index in [2.05, 4.69) is 39.7 Å². The molecule has 0 aliphatic heterocycles. The smallest absolute Gasteiger partial charge is 0.184 e. The van der Waals surface area contributed by atoms with Crippen LogP contribution in [-0.2, 0) is 0 Å². The number of anilines is 1. The minimum atomic E-state index is 0.148. The van der Waals surface area contributed by atoms with Gasteiger partial charge in [-0.1, -0.05) is 0 Å². The molecule has 3 N–H and O–H groups in total. The van der Waals surface area contributed by atoms with Crippen LogP contribution in [0.25, 0.3) is 5.69 Å². The summed E-state index contributed by atoms with van der Waals surface area (Å²) in [5, 5.41) is 4.12. The lowest BCUT2D eigenvalue weighted by Gasteiger charge is -2.13. The standard InChI is InChI=1S/C14H17N5S/c1-18(2)11-5-7-12(8-6-11)19-9-3-4-13(19)10-16-17-14(15)20/h3-10H,1-2H3,(H3,15,17,20)/b16-10-. The number of nitrogens with zero attached hydrogens (tertiary/aromatic N) is 3. The van der Waals surface area contributed by atoms with Crippen LogP contribution >= 0.6 is 12.2 Å². The molecule has 0 saturated heterocycles. The number of hydrazone groups is 1. The maximum Gasteiger partial charge on any atom is 0.184 e. The van der Waals surface area contributed by atoms with Crippen LogP contribution in [0.15, 0.2) is 47.7 Å². The van der Waals surface area contributed by atoms with Crippen molar-refractivity contribution in [2.45, 2.75) is 0 Å². The number of hydrogen-bond acceptors (Lipinski definition) is 3. The molecule has 1 aromatic heterocycles. The summed E-state index contributed by atoms with van der Waals surface area (Å²) in [6.07, 6.45) is 3.66. The summed E-state index contributed by atoms with van der Waals surface area (Å²) in [7, 11) is 4.04. The van der Waals surface area contributed by atoms with Crippen molar-refractivity contribution in [3.05, 3.63) is 48.3 Å². The Hall–Kier alpha value is -2.34. The van der Waals surface area contributed by atoms with Gasteiger partial charge in [-0.3, -0.25) is 5.43 Å². The molecule has 0 unspecified atom stereocenters. The van der Waals surface area contributed by atoms with E-state index in [4.69, 9.17) is 18.0 Å². The van der Waals surface area contributed by atoms with Gasteiger partial charge in [-0.05, 0) is 48.6 Å². The molecule has 0 atom stereocenters. The molecule has 5 nitrogen and oxygen atoms in total. The zero-order chi connectivity index (χ0) is 14.5. The van der Waals surface area contributed by atoms with Crippen LogP contribution in [0.3, 0.4) is 0 Å². The van der Waals surface area contributed by atoms with Crippen molar-refractivity contribution in [1.29, 1.82) is 0 Å². The molecule has 20 heavy (non-hydrogen) atoms. The molecule has 1 aromatic carbocycles. The second-order valence-corrected chi connectivity index (χ2v) is 4.89. The quantitative estimate of drug-likeness (QED) is 0.510. The van der Waals surface area contributed by atoms with Crippen molar-refractivity contribution in [3.8, 4) is 5.69 Å². The van der Waals surface area contributed by atoms with E-state index < -0.39 is 0 Å². The Morgan fingerprint density at radius 1 is 1.30 bits per heavy atom. The molecule has 0 spiro atoms. The van der Waals surface area contributed by atoms with Crippen molar-refractivity contribution >= 4 is 29.2 Å². The number of rotatable bonds is 4. The molecule has 0 radical (unpaired) electrons. The van der Waals surface area contributed by atoms with Crippen LogP contribution in [0.5, 0.6) is 0 Å². The third-order valence-electron chi connectivity index (χ3n) is 2.80. The van der Waals surface area contributed by atoms with Gasteiger partial charge in [0.15, 0.2) is 5.11 Å². The van der Waals surface area contributed by atoms with Gasteiger partial charge in [-0.15, -0.1) is 0 Å². The van der Waals surface area contributed by atoms with Gasteiger partial charge in [0, 0.05) is 31.7 Å². The topological polar surface area (TPSA) is 58.6 Å². The van der Waals surface area contributed by atoms with Gasteiger partial charge in [-0.2, -0.15) is 5.10 Å². The van der Waals surface area contributed by atoms with E-state index in [9.17, 15) is 0 Å². The van der Waals surface area contributed by atoms with Gasteiger partial charge in [0.25, 0.3) is 0 Å². The highest BCUT2D eigenvalue weighted by Crippen LogP contribution is 2.16. The summed E-state index contributed by atoms with van der Waals surface area (Å²) in [6, 6.07) is 12.2.